The van der Waals surface area contributed by atoms with Crippen LogP contribution in [0.4, 0.5) is 0 Å². The molecule has 0 saturated heterocycles. The highest BCUT2D eigenvalue weighted by Gasteiger charge is 2.20. The Bertz CT molecular complexity index is 938. The minimum atomic E-state index is -0.796. The van der Waals surface area contributed by atoms with Crippen molar-refractivity contribution in [3.8, 4) is 5.75 Å². The quantitative estimate of drug-likeness (QED) is 0.397. The van der Waals surface area contributed by atoms with E-state index in [0.29, 0.717) is 13.0 Å². The smallest absolute Gasteiger partial charge is 0.303 e. The molecular formula is C23H29N3O3. The Balaban J connectivity index is 1.75. The summed E-state index contributed by atoms with van der Waals surface area (Å²) in [6, 6.07) is 16.0. The van der Waals surface area contributed by atoms with E-state index in [1.807, 2.05) is 42.6 Å². The third kappa shape index (κ3) is 5.37. The second kappa shape index (κ2) is 10.1. The fourth-order valence-corrected chi connectivity index (χ4v) is 3.77. The molecule has 0 aliphatic rings. The Kier molecular flexibility index (Phi) is 7.27. The lowest BCUT2D eigenvalue weighted by atomic mass is 9.98. The fraction of sp³-hybridized carbons (Fsp3) is 0.348. The zero-order valence-corrected chi connectivity index (χ0v) is 16.7. The number of aryl methyl sites for hydroxylation is 1. The minimum Gasteiger partial charge on any atom is -0.496 e. The Hall–Kier alpha value is -2.83. The number of hydrogen-bond acceptors (Lipinski definition) is 4. The van der Waals surface area contributed by atoms with Crippen LogP contribution in [0.25, 0.3) is 10.9 Å². The van der Waals surface area contributed by atoms with Crippen molar-refractivity contribution in [3.05, 3.63) is 65.9 Å². The number of hydrogen-bond donors (Lipinski definition) is 4. The van der Waals surface area contributed by atoms with Crippen LogP contribution in [0.2, 0.25) is 0 Å². The van der Waals surface area contributed by atoms with Gasteiger partial charge in [-0.15, -0.1) is 0 Å². The molecule has 0 radical (unpaired) electrons. The average molecular weight is 396 g/mol. The number of nitrogens with two attached hydrogens (primary N) is 1. The molecule has 0 aliphatic heterocycles. The van der Waals surface area contributed by atoms with Gasteiger partial charge < -0.3 is 25.9 Å². The summed E-state index contributed by atoms with van der Waals surface area (Å²) in [4.78, 5) is 14.5. The Morgan fingerprint density at radius 2 is 1.93 bits per heavy atom. The van der Waals surface area contributed by atoms with Crippen molar-refractivity contribution in [2.75, 3.05) is 13.7 Å². The van der Waals surface area contributed by atoms with Crippen LogP contribution in [0, 0.1) is 0 Å². The zero-order valence-electron chi connectivity index (χ0n) is 16.7. The Morgan fingerprint density at radius 1 is 1.17 bits per heavy atom. The van der Waals surface area contributed by atoms with E-state index in [-0.39, 0.29) is 18.5 Å². The van der Waals surface area contributed by atoms with Gasteiger partial charge in [0.05, 0.1) is 7.11 Å². The first-order chi connectivity index (χ1) is 14.1. The lowest BCUT2D eigenvalue weighted by molar-refractivity contribution is -0.137. The fourth-order valence-electron chi connectivity index (χ4n) is 3.77. The lowest BCUT2D eigenvalue weighted by Gasteiger charge is -2.25. The molecule has 1 unspecified atom stereocenters. The van der Waals surface area contributed by atoms with Crippen molar-refractivity contribution in [1.82, 2.24) is 10.3 Å². The van der Waals surface area contributed by atoms with Crippen LogP contribution in [0.1, 0.15) is 36.4 Å². The topological polar surface area (TPSA) is 100 Å². The number of carboxylic acid groups (broad SMARTS) is 1. The minimum absolute atomic E-state index is 0.0624. The van der Waals surface area contributed by atoms with E-state index in [1.54, 1.807) is 7.11 Å². The molecule has 0 amide bonds. The van der Waals surface area contributed by atoms with Gasteiger partial charge in [-0.1, -0.05) is 36.4 Å². The number of nitrogens with one attached hydrogen (secondary N) is 2. The van der Waals surface area contributed by atoms with Gasteiger partial charge in [0.25, 0.3) is 0 Å². The lowest BCUT2D eigenvalue weighted by Crippen LogP contribution is -2.39. The highest BCUT2D eigenvalue weighted by atomic mass is 16.5. The molecule has 0 fully saturated rings. The van der Waals surface area contributed by atoms with Gasteiger partial charge in [-0.3, -0.25) is 4.79 Å². The van der Waals surface area contributed by atoms with Gasteiger partial charge in [0.2, 0.25) is 0 Å². The molecule has 0 saturated carbocycles. The van der Waals surface area contributed by atoms with Crippen LogP contribution in [0.3, 0.4) is 0 Å². The van der Waals surface area contributed by atoms with Gasteiger partial charge in [-0.25, -0.2) is 0 Å². The molecule has 3 rings (SSSR count). The van der Waals surface area contributed by atoms with E-state index >= 15 is 0 Å². The molecule has 0 aliphatic carbocycles. The second-order valence-corrected chi connectivity index (χ2v) is 7.22. The van der Waals surface area contributed by atoms with Crippen LogP contribution in [-0.2, 0) is 11.2 Å². The summed E-state index contributed by atoms with van der Waals surface area (Å²) in [6.07, 6.45) is 4.24. The SMILES string of the molecule is COc1ccccc1CCC(CN)N[C@H](CCC(=O)O)c1c[nH]c2ccccc12. The van der Waals surface area contributed by atoms with Gasteiger partial charge in [0.1, 0.15) is 5.75 Å². The molecule has 5 N–H and O–H groups in total. The maximum absolute atomic E-state index is 11.2. The molecule has 29 heavy (non-hydrogen) atoms. The van der Waals surface area contributed by atoms with E-state index in [0.717, 1.165) is 40.6 Å². The molecule has 1 heterocycles. The summed E-state index contributed by atoms with van der Waals surface area (Å²) in [7, 11) is 1.68. The van der Waals surface area contributed by atoms with Crippen molar-refractivity contribution in [1.29, 1.82) is 0 Å². The largest absolute Gasteiger partial charge is 0.496 e. The number of H-pyrrole nitrogens is 1. The second-order valence-electron chi connectivity index (χ2n) is 7.22. The standard InChI is InChI=1S/C23H29N3O3/c1-29-22-9-5-2-6-16(22)10-11-17(14-24)26-21(12-13-23(27)28)19-15-25-20-8-4-3-7-18(19)20/h2-9,15,17,21,25-26H,10-14,24H2,1H3,(H,27,28)/t17?,21-/m1/s1. The number of ether oxygens (including phenoxy) is 1. The maximum Gasteiger partial charge on any atom is 0.303 e. The summed E-state index contributed by atoms with van der Waals surface area (Å²) in [6.45, 7) is 0.473. The number of aromatic amines is 1. The molecule has 154 valence electrons. The molecule has 0 spiro atoms. The highest BCUT2D eigenvalue weighted by Crippen LogP contribution is 2.28. The van der Waals surface area contributed by atoms with E-state index in [2.05, 4.69) is 22.4 Å². The monoisotopic (exact) mass is 395 g/mol. The van der Waals surface area contributed by atoms with E-state index < -0.39 is 5.97 Å². The number of carbonyl (C=O) groups is 1. The van der Waals surface area contributed by atoms with E-state index in [9.17, 15) is 9.90 Å². The molecule has 1 aromatic heterocycles. The van der Waals surface area contributed by atoms with E-state index in [4.69, 9.17) is 10.5 Å². The van der Waals surface area contributed by atoms with Gasteiger partial charge in [-0.05, 0) is 42.5 Å². The molecule has 2 aromatic carbocycles. The van der Waals surface area contributed by atoms with Crippen molar-refractivity contribution in [2.45, 2.75) is 37.8 Å². The van der Waals surface area contributed by atoms with Crippen LogP contribution in [0.15, 0.2) is 54.7 Å². The molecule has 2 atom stereocenters. The van der Waals surface area contributed by atoms with Crippen molar-refractivity contribution in [2.24, 2.45) is 5.73 Å². The van der Waals surface area contributed by atoms with Crippen molar-refractivity contribution in [3.63, 3.8) is 0 Å². The van der Waals surface area contributed by atoms with Crippen molar-refractivity contribution < 1.29 is 14.6 Å². The Labute approximate surface area is 171 Å². The first kappa shape index (κ1) is 20.9. The summed E-state index contributed by atoms with van der Waals surface area (Å²) in [5.41, 5.74) is 9.33. The molecule has 0 bridgehead atoms. The summed E-state index contributed by atoms with van der Waals surface area (Å²) in [5, 5.41) is 13.9. The number of aliphatic carboxylic acids is 1. The average Bonchev–Trinajstić information content (AvgIpc) is 3.17. The maximum atomic E-state index is 11.2. The highest BCUT2D eigenvalue weighted by molar-refractivity contribution is 5.83. The predicted octanol–water partition coefficient (Wildman–Crippen LogP) is 3.63. The number of benzene rings is 2. The van der Waals surface area contributed by atoms with Crippen molar-refractivity contribution >= 4 is 16.9 Å². The van der Waals surface area contributed by atoms with Crippen LogP contribution in [0.5, 0.6) is 5.75 Å². The van der Waals surface area contributed by atoms with E-state index in [1.165, 1.54) is 0 Å². The third-order valence-electron chi connectivity index (χ3n) is 5.32. The summed E-state index contributed by atoms with van der Waals surface area (Å²) < 4.78 is 5.44. The summed E-state index contributed by atoms with van der Waals surface area (Å²) >= 11 is 0. The van der Waals surface area contributed by atoms with Gasteiger partial charge in [0.15, 0.2) is 0 Å². The molecule has 6 heteroatoms. The zero-order chi connectivity index (χ0) is 20.6. The van der Waals surface area contributed by atoms with Crippen LogP contribution in [-0.4, -0.2) is 35.8 Å². The number of rotatable bonds is 11. The van der Waals surface area contributed by atoms with Crippen LogP contribution < -0.4 is 15.8 Å². The van der Waals surface area contributed by atoms with Gasteiger partial charge in [-0.2, -0.15) is 0 Å². The van der Waals surface area contributed by atoms with Crippen LogP contribution >= 0.6 is 0 Å². The normalized spacial score (nSPS) is 13.3. The number of carboxylic acids is 1. The van der Waals surface area contributed by atoms with Gasteiger partial charge >= 0.3 is 5.97 Å². The van der Waals surface area contributed by atoms with Gasteiger partial charge in [0, 0.05) is 42.1 Å². The number of aromatic nitrogens is 1. The number of para-hydroxylation sites is 2. The molecule has 3 aromatic rings. The predicted molar refractivity (Wildman–Crippen MR) is 115 cm³/mol. The molecular weight excluding hydrogens is 366 g/mol. The number of fused-ring (bicyclic) bond motifs is 1. The first-order valence-corrected chi connectivity index (χ1v) is 9.98. The molecule has 6 nitrogen and oxygen atoms in total. The first-order valence-electron chi connectivity index (χ1n) is 9.98. The Morgan fingerprint density at radius 3 is 2.69 bits per heavy atom. The third-order valence-corrected chi connectivity index (χ3v) is 5.32. The summed E-state index contributed by atoms with van der Waals surface area (Å²) in [5.74, 6) is 0.0808. The number of methoxy groups -OCH3 is 1.